The van der Waals surface area contributed by atoms with E-state index in [2.05, 4.69) is 15.9 Å². The van der Waals surface area contributed by atoms with Gasteiger partial charge in [-0.05, 0) is 19.4 Å². The van der Waals surface area contributed by atoms with E-state index in [-0.39, 0.29) is 11.1 Å². The van der Waals surface area contributed by atoms with E-state index in [1.54, 1.807) is 0 Å². The van der Waals surface area contributed by atoms with Gasteiger partial charge in [0.2, 0.25) is 5.91 Å². The number of hydrogen-bond donors (Lipinski definition) is 3. The van der Waals surface area contributed by atoms with E-state index < -0.39 is 11.8 Å². The molecule has 0 aromatic rings. The molecule has 0 aliphatic rings. The number of ketones is 1. The summed E-state index contributed by atoms with van der Waals surface area (Å²) >= 11 is 3.03. The molecule has 0 aliphatic carbocycles. The first-order chi connectivity index (χ1) is 6.67. The van der Waals surface area contributed by atoms with Gasteiger partial charge in [-0.2, -0.15) is 0 Å². The predicted molar refractivity (Wildman–Crippen MR) is 57.5 cm³/mol. The molecule has 5 N–H and O–H groups in total. The Morgan fingerprint density at radius 3 is 2.43 bits per heavy atom. The second-order valence-corrected chi connectivity index (χ2v) is 3.51. The number of hydrazine groups is 1. The number of nitrogens with one attached hydrogen (secondary N) is 1. The summed E-state index contributed by atoms with van der Waals surface area (Å²) in [6, 6.07) is 0. The summed E-state index contributed by atoms with van der Waals surface area (Å²) in [5.74, 6) is 3.76. The van der Waals surface area contributed by atoms with Gasteiger partial charge in [-0.3, -0.25) is 15.0 Å². The van der Waals surface area contributed by atoms with E-state index >= 15 is 0 Å². The van der Waals surface area contributed by atoms with Crippen LogP contribution in [0.2, 0.25) is 0 Å². The molecule has 82 valence electrons. The smallest absolute Gasteiger partial charge is 0.244 e. The number of nitrogens with two attached hydrogens (primary N) is 2. The standard InChI is InChI=1S/C8H16BrN3O2/c9-5-7(13)6(8(14)12-11)3-1-2-4-10/h6H,1-5,10-11H2,(H,12,14). The molecule has 0 saturated heterocycles. The Hall–Kier alpha value is -0.460. The van der Waals surface area contributed by atoms with E-state index in [1.165, 1.54) is 0 Å². The van der Waals surface area contributed by atoms with Crippen molar-refractivity contribution in [2.75, 3.05) is 11.9 Å². The fourth-order valence-electron chi connectivity index (χ4n) is 1.12. The summed E-state index contributed by atoms with van der Waals surface area (Å²) in [7, 11) is 0. The fourth-order valence-corrected chi connectivity index (χ4v) is 1.52. The molecule has 0 aromatic heterocycles. The summed E-state index contributed by atoms with van der Waals surface area (Å²) in [6.45, 7) is 0.569. The molecule has 0 saturated carbocycles. The Kier molecular flexibility index (Phi) is 7.64. The second kappa shape index (κ2) is 7.90. The zero-order valence-electron chi connectivity index (χ0n) is 7.96. The highest BCUT2D eigenvalue weighted by Gasteiger charge is 2.23. The summed E-state index contributed by atoms with van der Waals surface area (Å²) < 4.78 is 0. The van der Waals surface area contributed by atoms with Gasteiger partial charge in [0.1, 0.15) is 0 Å². The third kappa shape index (κ3) is 4.69. The SMILES string of the molecule is NCCCCC(C(=O)CBr)C(=O)NN. The monoisotopic (exact) mass is 265 g/mol. The number of Topliss-reactive ketones (excluding diaryl/α,β-unsaturated/α-hetero) is 1. The molecule has 0 aliphatic heterocycles. The molecule has 14 heavy (non-hydrogen) atoms. The lowest BCUT2D eigenvalue weighted by molar-refractivity contribution is -0.133. The lowest BCUT2D eigenvalue weighted by atomic mass is 9.97. The molecule has 5 nitrogen and oxygen atoms in total. The van der Waals surface area contributed by atoms with Gasteiger partial charge < -0.3 is 5.73 Å². The van der Waals surface area contributed by atoms with Crippen molar-refractivity contribution in [3.63, 3.8) is 0 Å². The van der Waals surface area contributed by atoms with E-state index in [9.17, 15) is 9.59 Å². The molecule has 0 radical (unpaired) electrons. The van der Waals surface area contributed by atoms with E-state index in [4.69, 9.17) is 11.6 Å². The third-order valence-corrected chi connectivity index (χ3v) is 2.48. The van der Waals surface area contributed by atoms with Crippen molar-refractivity contribution in [3.8, 4) is 0 Å². The lowest BCUT2D eigenvalue weighted by Crippen LogP contribution is -2.39. The largest absolute Gasteiger partial charge is 0.330 e. The maximum Gasteiger partial charge on any atom is 0.244 e. The van der Waals surface area contributed by atoms with Crippen LogP contribution in [0.4, 0.5) is 0 Å². The first-order valence-electron chi connectivity index (χ1n) is 4.46. The second-order valence-electron chi connectivity index (χ2n) is 2.95. The zero-order chi connectivity index (χ0) is 11.0. The van der Waals surface area contributed by atoms with Crippen LogP contribution in [0, 0.1) is 5.92 Å². The van der Waals surface area contributed by atoms with Crippen LogP contribution >= 0.6 is 15.9 Å². The summed E-state index contributed by atoms with van der Waals surface area (Å²) in [4.78, 5) is 22.5. The van der Waals surface area contributed by atoms with Crippen molar-refractivity contribution >= 4 is 27.6 Å². The number of rotatable bonds is 7. The van der Waals surface area contributed by atoms with Crippen molar-refractivity contribution in [3.05, 3.63) is 0 Å². The molecular formula is C8H16BrN3O2. The highest BCUT2D eigenvalue weighted by Crippen LogP contribution is 2.11. The van der Waals surface area contributed by atoms with Gasteiger partial charge in [0.05, 0.1) is 11.2 Å². The van der Waals surface area contributed by atoms with Crippen molar-refractivity contribution in [2.45, 2.75) is 19.3 Å². The average molecular weight is 266 g/mol. The van der Waals surface area contributed by atoms with Crippen LogP contribution in [0.15, 0.2) is 0 Å². The molecule has 0 bridgehead atoms. The first-order valence-corrected chi connectivity index (χ1v) is 5.58. The molecule has 0 aromatic carbocycles. The van der Waals surface area contributed by atoms with Gasteiger partial charge in [0, 0.05) is 0 Å². The molecule has 0 rings (SSSR count). The number of unbranched alkanes of at least 4 members (excludes halogenated alkanes) is 1. The highest BCUT2D eigenvalue weighted by atomic mass is 79.9. The van der Waals surface area contributed by atoms with Crippen LogP contribution in [0.25, 0.3) is 0 Å². The number of amides is 1. The van der Waals surface area contributed by atoms with Crippen LogP contribution < -0.4 is 17.0 Å². The Bertz CT molecular complexity index is 183. The number of halogens is 1. The lowest BCUT2D eigenvalue weighted by Gasteiger charge is -2.12. The van der Waals surface area contributed by atoms with E-state index in [0.717, 1.165) is 12.8 Å². The molecule has 1 unspecified atom stereocenters. The minimum atomic E-state index is -0.647. The molecule has 1 amide bonds. The number of carbonyl (C=O) groups excluding carboxylic acids is 2. The van der Waals surface area contributed by atoms with E-state index in [1.807, 2.05) is 5.43 Å². The van der Waals surface area contributed by atoms with Crippen molar-refractivity contribution in [1.29, 1.82) is 0 Å². The summed E-state index contributed by atoms with van der Waals surface area (Å²) in [6.07, 6.45) is 2.07. The predicted octanol–water partition coefficient (Wildman–Crippen LogP) is -0.314. The Morgan fingerprint density at radius 2 is 2.00 bits per heavy atom. The Balaban J connectivity index is 4.11. The normalized spacial score (nSPS) is 12.2. The van der Waals surface area contributed by atoms with Gasteiger partial charge in [-0.25, -0.2) is 5.84 Å². The quantitative estimate of drug-likeness (QED) is 0.147. The first kappa shape index (κ1) is 13.5. The van der Waals surface area contributed by atoms with Crippen LogP contribution in [0.1, 0.15) is 19.3 Å². The van der Waals surface area contributed by atoms with Gasteiger partial charge in [0.25, 0.3) is 0 Å². The number of hydrogen-bond acceptors (Lipinski definition) is 4. The minimum Gasteiger partial charge on any atom is -0.330 e. The summed E-state index contributed by atoms with van der Waals surface area (Å²) in [5.41, 5.74) is 7.31. The van der Waals surface area contributed by atoms with Gasteiger partial charge >= 0.3 is 0 Å². The maximum absolute atomic E-state index is 11.3. The summed E-state index contributed by atoms with van der Waals surface area (Å²) in [5, 5.41) is 0.174. The topological polar surface area (TPSA) is 98.2 Å². The van der Waals surface area contributed by atoms with Crippen molar-refractivity contribution in [2.24, 2.45) is 17.5 Å². The number of alkyl halides is 1. The van der Waals surface area contributed by atoms with Crippen LogP contribution in [-0.2, 0) is 9.59 Å². The highest BCUT2D eigenvalue weighted by molar-refractivity contribution is 9.09. The fraction of sp³-hybridized carbons (Fsp3) is 0.750. The van der Waals surface area contributed by atoms with Gasteiger partial charge in [0.15, 0.2) is 5.78 Å². The maximum atomic E-state index is 11.3. The number of carbonyl (C=O) groups is 2. The molecule has 1 atom stereocenters. The van der Waals surface area contributed by atoms with Crippen molar-refractivity contribution in [1.82, 2.24) is 5.43 Å². The molecule has 0 fully saturated rings. The van der Waals surface area contributed by atoms with Crippen LogP contribution in [0.5, 0.6) is 0 Å². The van der Waals surface area contributed by atoms with Gasteiger partial charge in [-0.1, -0.05) is 22.4 Å². The molecule has 6 heteroatoms. The molecular weight excluding hydrogens is 250 g/mol. The van der Waals surface area contributed by atoms with Crippen LogP contribution in [-0.4, -0.2) is 23.6 Å². The van der Waals surface area contributed by atoms with E-state index in [0.29, 0.717) is 13.0 Å². The van der Waals surface area contributed by atoms with Gasteiger partial charge in [-0.15, -0.1) is 0 Å². The Morgan fingerprint density at radius 1 is 1.36 bits per heavy atom. The van der Waals surface area contributed by atoms with Crippen LogP contribution in [0.3, 0.4) is 0 Å². The average Bonchev–Trinajstić information content (AvgIpc) is 2.22. The zero-order valence-corrected chi connectivity index (χ0v) is 9.55. The molecule has 0 heterocycles. The van der Waals surface area contributed by atoms with Crippen molar-refractivity contribution < 1.29 is 9.59 Å². The Labute approximate surface area is 91.7 Å². The molecule has 0 spiro atoms. The third-order valence-electron chi connectivity index (χ3n) is 1.93. The minimum absolute atomic E-state index is 0.148.